The molecule has 6 heteroatoms. The number of nitrogens with zero attached hydrogens (tertiary/aromatic N) is 2. The first-order valence-corrected chi connectivity index (χ1v) is 14.4. The largest absolute Gasteiger partial charge is 0.311 e. The molecule has 0 N–H and O–H groups in total. The smallest absolute Gasteiger partial charge is 0.269 e. The Hall–Kier alpha value is -4.03. The number of aromatic nitrogens is 1. The molecule has 6 rings (SSSR count). The van der Waals surface area contributed by atoms with E-state index in [0.717, 1.165) is 48.3 Å². The SMILES string of the molecule is CCn1c(=C2C(=O)C3CCCCC3C2=O)s/c(=C\c2ccc(N(c3ccccc3)c3ccccc3)cc2)c1=O. The first-order chi connectivity index (χ1) is 19.1. The van der Waals surface area contributed by atoms with Crippen molar-refractivity contribution in [2.75, 3.05) is 4.90 Å². The molecule has 2 atom stereocenters. The number of Topliss-reactive ketones (excluding diaryl/α,β-unsaturated/α-hetero) is 2. The van der Waals surface area contributed by atoms with Gasteiger partial charge < -0.3 is 4.90 Å². The minimum atomic E-state index is -0.207. The number of ketones is 2. The number of carbonyl (C=O) groups excluding carboxylic acids is 2. The number of hydrogen-bond donors (Lipinski definition) is 0. The molecule has 0 amide bonds. The average Bonchev–Trinajstić information content (AvgIpc) is 3.42. The molecule has 2 aliphatic rings. The highest BCUT2D eigenvalue weighted by molar-refractivity contribution is 7.08. The highest BCUT2D eigenvalue weighted by atomic mass is 32.1. The second-order valence-corrected chi connectivity index (χ2v) is 11.2. The number of rotatable bonds is 5. The van der Waals surface area contributed by atoms with Crippen LogP contribution in [0.2, 0.25) is 0 Å². The second kappa shape index (κ2) is 10.6. The summed E-state index contributed by atoms with van der Waals surface area (Å²) in [5.41, 5.74) is 4.10. The lowest BCUT2D eigenvalue weighted by molar-refractivity contribution is -0.120. The van der Waals surface area contributed by atoms with Crippen molar-refractivity contribution in [3.05, 3.63) is 110 Å². The van der Waals surface area contributed by atoms with Crippen LogP contribution in [0, 0.1) is 11.8 Å². The zero-order valence-electron chi connectivity index (χ0n) is 21.9. The minimum Gasteiger partial charge on any atom is -0.311 e. The first-order valence-electron chi connectivity index (χ1n) is 13.6. The van der Waals surface area contributed by atoms with Crippen LogP contribution in [0.3, 0.4) is 0 Å². The van der Waals surface area contributed by atoms with E-state index in [-0.39, 0.29) is 34.5 Å². The zero-order valence-corrected chi connectivity index (χ0v) is 22.7. The molecule has 1 aromatic heterocycles. The van der Waals surface area contributed by atoms with Crippen molar-refractivity contribution in [2.45, 2.75) is 39.2 Å². The Kier molecular flexibility index (Phi) is 6.88. The highest BCUT2D eigenvalue weighted by Crippen LogP contribution is 2.40. The average molecular weight is 535 g/mol. The van der Waals surface area contributed by atoms with Crippen LogP contribution in [-0.4, -0.2) is 16.1 Å². The van der Waals surface area contributed by atoms with E-state index in [1.807, 2.05) is 73.7 Å². The van der Waals surface area contributed by atoms with Gasteiger partial charge in [0, 0.05) is 35.4 Å². The maximum absolute atomic E-state index is 13.4. The molecule has 2 unspecified atom stereocenters. The summed E-state index contributed by atoms with van der Waals surface area (Å²) >= 11 is 1.27. The quantitative estimate of drug-likeness (QED) is 0.347. The van der Waals surface area contributed by atoms with Gasteiger partial charge in [0.2, 0.25) is 0 Å². The summed E-state index contributed by atoms with van der Waals surface area (Å²) < 4.78 is 2.65. The third-order valence-corrected chi connectivity index (χ3v) is 8.98. The number of para-hydroxylation sites is 2. The van der Waals surface area contributed by atoms with Crippen molar-refractivity contribution in [2.24, 2.45) is 11.8 Å². The molecule has 0 radical (unpaired) electrons. The summed E-state index contributed by atoms with van der Waals surface area (Å²) in [4.78, 5) is 42.0. The fourth-order valence-electron chi connectivity index (χ4n) is 5.93. The van der Waals surface area contributed by atoms with Gasteiger partial charge in [-0.3, -0.25) is 19.0 Å². The lowest BCUT2D eigenvalue weighted by Gasteiger charge is -2.25. The number of carbonyl (C=O) groups is 2. The normalized spacial score (nSPS) is 19.4. The fourth-order valence-corrected chi connectivity index (χ4v) is 7.15. The van der Waals surface area contributed by atoms with Gasteiger partial charge in [-0.05, 0) is 67.8 Å². The Morgan fingerprint density at radius 2 is 1.28 bits per heavy atom. The number of benzene rings is 3. The van der Waals surface area contributed by atoms with Gasteiger partial charge in [-0.2, -0.15) is 0 Å². The summed E-state index contributed by atoms with van der Waals surface area (Å²) in [6, 6.07) is 28.5. The van der Waals surface area contributed by atoms with Gasteiger partial charge in [0.25, 0.3) is 5.56 Å². The van der Waals surface area contributed by atoms with Gasteiger partial charge in [0.15, 0.2) is 11.6 Å². The van der Waals surface area contributed by atoms with Crippen LogP contribution in [-0.2, 0) is 16.1 Å². The van der Waals surface area contributed by atoms with E-state index in [4.69, 9.17) is 0 Å². The number of fused-ring (bicyclic) bond motifs is 1. The lowest BCUT2D eigenvalue weighted by atomic mass is 9.81. The number of thiazole rings is 1. The summed E-state index contributed by atoms with van der Waals surface area (Å²) in [6.45, 7) is 2.30. The van der Waals surface area contributed by atoms with Crippen molar-refractivity contribution in [3.63, 3.8) is 0 Å². The maximum Gasteiger partial charge on any atom is 0.269 e. The van der Waals surface area contributed by atoms with Crippen LogP contribution < -0.4 is 19.7 Å². The van der Waals surface area contributed by atoms with Gasteiger partial charge in [-0.25, -0.2) is 0 Å². The summed E-state index contributed by atoms with van der Waals surface area (Å²) in [6.07, 6.45) is 5.38. The van der Waals surface area contributed by atoms with E-state index in [1.165, 1.54) is 11.3 Å². The molecule has 196 valence electrons. The standard InChI is InChI=1S/C33H30N2O3S/c1-2-34-32(38)28(39-33(34)29-30(36)26-15-9-10-16-27(26)31(29)37)21-22-17-19-25(20-18-22)35(23-11-5-3-6-12-23)24-13-7-4-8-14-24/h3-8,11-14,17-21,26-27H,2,9-10,15-16H2,1H3/b28-21-,33-29?. The molecule has 0 bridgehead atoms. The van der Waals surface area contributed by atoms with Crippen LogP contribution in [0.1, 0.15) is 38.2 Å². The number of anilines is 3. The molecule has 1 heterocycles. The van der Waals surface area contributed by atoms with E-state index >= 15 is 0 Å². The van der Waals surface area contributed by atoms with Crippen LogP contribution in [0.5, 0.6) is 0 Å². The molecule has 5 nitrogen and oxygen atoms in total. The molecule has 2 saturated carbocycles. The van der Waals surface area contributed by atoms with E-state index in [1.54, 1.807) is 4.57 Å². The molecule has 2 fully saturated rings. The first kappa shape index (κ1) is 25.3. The van der Waals surface area contributed by atoms with Crippen molar-refractivity contribution < 1.29 is 9.59 Å². The Labute approximate surface area is 231 Å². The third kappa shape index (κ3) is 4.59. The third-order valence-electron chi connectivity index (χ3n) is 7.85. The van der Waals surface area contributed by atoms with Crippen molar-refractivity contribution >= 4 is 51.6 Å². The van der Waals surface area contributed by atoms with Crippen LogP contribution in [0.4, 0.5) is 17.1 Å². The predicted octanol–water partition coefficient (Wildman–Crippen LogP) is 5.34. The lowest BCUT2D eigenvalue weighted by Crippen LogP contribution is -2.32. The van der Waals surface area contributed by atoms with Crippen molar-refractivity contribution in [1.82, 2.24) is 4.57 Å². The predicted molar refractivity (Wildman–Crippen MR) is 157 cm³/mol. The Bertz CT molecular complexity index is 1640. The van der Waals surface area contributed by atoms with Gasteiger partial charge >= 0.3 is 0 Å². The van der Waals surface area contributed by atoms with E-state index in [0.29, 0.717) is 15.7 Å². The van der Waals surface area contributed by atoms with Crippen LogP contribution >= 0.6 is 11.3 Å². The fraction of sp³-hybridized carbons (Fsp3) is 0.242. The number of hydrogen-bond acceptors (Lipinski definition) is 5. The second-order valence-electron chi connectivity index (χ2n) is 10.2. The summed E-state index contributed by atoms with van der Waals surface area (Å²) in [7, 11) is 0. The molecular weight excluding hydrogens is 504 g/mol. The highest BCUT2D eigenvalue weighted by Gasteiger charge is 2.47. The summed E-state index contributed by atoms with van der Waals surface area (Å²) in [5, 5.41) is 0. The summed E-state index contributed by atoms with van der Waals surface area (Å²) in [5.74, 6) is -0.543. The van der Waals surface area contributed by atoms with Gasteiger partial charge in [0.05, 0.1) is 10.1 Å². The zero-order chi connectivity index (χ0) is 26.9. The van der Waals surface area contributed by atoms with Crippen molar-refractivity contribution in [3.8, 4) is 0 Å². The van der Waals surface area contributed by atoms with Gasteiger partial charge in [-0.1, -0.05) is 61.4 Å². The minimum absolute atomic E-state index is 0.0639. The van der Waals surface area contributed by atoms with E-state index in [2.05, 4.69) is 29.2 Å². The van der Waals surface area contributed by atoms with Crippen LogP contribution in [0.25, 0.3) is 11.6 Å². The topological polar surface area (TPSA) is 59.4 Å². The monoisotopic (exact) mass is 534 g/mol. The van der Waals surface area contributed by atoms with Gasteiger partial charge in [-0.15, -0.1) is 11.3 Å². The molecule has 4 aromatic rings. The molecule has 0 spiro atoms. The van der Waals surface area contributed by atoms with Crippen molar-refractivity contribution in [1.29, 1.82) is 0 Å². The molecular formula is C33H30N2O3S. The van der Waals surface area contributed by atoms with E-state index < -0.39 is 0 Å². The Morgan fingerprint density at radius 1 is 0.769 bits per heavy atom. The maximum atomic E-state index is 13.4. The Balaban J connectivity index is 1.41. The molecule has 2 aliphatic carbocycles. The molecule has 3 aromatic carbocycles. The molecule has 0 aliphatic heterocycles. The molecule has 0 saturated heterocycles. The molecule has 39 heavy (non-hydrogen) atoms. The van der Waals surface area contributed by atoms with Crippen LogP contribution in [0.15, 0.2) is 89.7 Å². The van der Waals surface area contributed by atoms with E-state index in [9.17, 15) is 14.4 Å². The van der Waals surface area contributed by atoms with Gasteiger partial charge in [0.1, 0.15) is 4.66 Å². The Morgan fingerprint density at radius 3 is 1.79 bits per heavy atom.